The second-order valence-electron chi connectivity index (χ2n) is 6.04. The zero-order chi connectivity index (χ0) is 16.4. The summed E-state index contributed by atoms with van der Waals surface area (Å²) in [6.07, 6.45) is 5.54. The number of rotatable bonds is 11. The molecular weight excluding hydrogens is 304 g/mol. The molecule has 1 saturated heterocycles. The van der Waals surface area contributed by atoms with E-state index < -0.39 is 29.9 Å². The normalized spacial score (nSPS) is 32.3. The topological polar surface area (TPSA) is 90.2 Å². The average molecular weight is 336 g/mol. The highest BCUT2D eigenvalue weighted by Crippen LogP contribution is 2.29. The molecule has 0 aromatic rings. The van der Waals surface area contributed by atoms with Crippen LogP contribution in [-0.2, 0) is 4.74 Å². The van der Waals surface area contributed by atoms with E-state index in [-0.39, 0.29) is 6.61 Å². The van der Waals surface area contributed by atoms with Crippen LogP contribution < -0.4 is 0 Å². The number of thioether (sulfide) groups is 1. The molecule has 0 aromatic carbocycles. The lowest BCUT2D eigenvalue weighted by Gasteiger charge is -2.39. The second kappa shape index (κ2) is 11.6. The first-order chi connectivity index (χ1) is 10.6. The highest BCUT2D eigenvalue weighted by atomic mass is 32.2. The van der Waals surface area contributed by atoms with Gasteiger partial charge in [0.15, 0.2) is 0 Å². The van der Waals surface area contributed by atoms with E-state index in [4.69, 9.17) is 9.84 Å². The van der Waals surface area contributed by atoms with Crippen LogP contribution in [0.2, 0.25) is 0 Å². The smallest absolute Gasteiger partial charge is 0.132 e. The summed E-state index contributed by atoms with van der Waals surface area (Å²) in [5.41, 5.74) is -0.583. The van der Waals surface area contributed by atoms with Crippen LogP contribution in [0, 0.1) is 0 Å². The van der Waals surface area contributed by atoms with Crippen molar-refractivity contribution in [1.29, 1.82) is 0 Å². The fraction of sp³-hybridized carbons (Fsp3) is 1.00. The highest BCUT2D eigenvalue weighted by molar-refractivity contribution is 7.99. The Hall–Kier alpha value is 0.150. The fourth-order valence-corrected chi connectivity index (χ4v) is 3.82. The Balaban J connectivity index is 2.11. The summed E-state index contributed by atoms with van der Waals surface area (Å²) in [5, 5.41) is 38.4. The SMILES string of the molecule is CCCCCCCCCCSC1O[C@H](CO)[C@H](O)[C@H](O)[C@H]1O. The predicted molar refractivity (Wildman–Crippen MR) is 88.8 cm³/mol. The molecule has 0 amide bonds. The van der Waals surface area contributed by atoms with Gasteiger partial charge in [0.25, 0.3) is 0 Å². The van der Waals surface area contributed by atoms with Gasteiger partial charge in [-0.05, 0) is 12.2 Å². The van der Waals surface area contributed by atoms with Gasteiger partial charge in [-0.2, -0.15) is 0 Å². The number of aliphatic hydroxyl groups excluding tert-OH is 4. The number of hydrogen-bond acceptors (Lipinski definition) is 6. The van der Waals surface area contributed by atoms with Gasteiger partial charge in [-0.1, -0.05) is 51.9 Å². The summed E-state index contributed by atoms with van der Waals surface area (Å²) in [5.74, 6) is 0.845. The van der Waals surface area contributed by atoms with E-state index in [0.717, 1.165) is 18.6 Å². The van der Waals surface area contributed by atoms with Gasteiger partial charge in [-0.3, -0.25) is 0 Å². The first-order valence-corrected chi connectivity index (χ1v) is 9.58. The Labute approximate surface area is 138 Å². The van der Waals surface area contributed by atoms with Crippen molar-refractivity contribution in [3.63, 3.8) is 0 Å². The Morgan fingerprint density at radius 2 is 1.41 bits per heavy atom. The predicted octanol–water partition coefficient (Wildman–Crippen LogP) is 1.66. The van der Waals surface area contributed by atoms with Gasteiger partial charge >= 0.3 is 0 Å². The molecule has 4 N–H and O–H groups in total. The Bertz CT molecular complexity index is 277. The largest absolute Gasteiger partial charge is 0.394 e. The van der Waals surface area contributed by atoms with Crippen molar-refractivity contribution in [3.8, 4) is 0 Å². The molecule has 1 unspecified atom stereocenters. The lowest BCUT2D eigenvalue weighted by Crippen LogP contribution is -2.57. The van der Waals surface area contributed by atoms with Gasteiger partial charge in [0, 0.05) is 0 Å². The summed E-state index contributed by atoms with van der Waals surface area (Å²) in [6, 6.07) is 0. The second-order valence-corrected chi connectivity index (χ2v) is 7.25. The molecule has 1 heterocycles. The Kier molecular flexibility index (Phi) is 10.7. The third-order valence-electron chi connectivity index (χ3n) is 4.13. The average Bonchev–Trinajstić information content (AvgIpc) is 2.53. The molecule has 5 nitrogen and oxygen atoms in total. The van der Waals surface area contributed by atoms with Crippen LogP contribution >= 0.6 is 11.8 Å². The summed E-state index contributed by atoms with van der Waals surface area (Å²) < 4.78 is 5.46. The molecule has 1 rings (SSSR count). The molecule has 132 valence electrons. The number of aliphatic hydroxyl groups is 4. The van der Waals surface area contributed by atoms with Gasteiger partial charge in [0.2, 0.25) is 0 Å². The lowest BCUT2D eigenvalue weighted by atomic mass is 10.0. The summed E-state index contributed by atoms with van der Waals surface area (Å²) in [7, 11) is 0. The van der Waals surface area contributed by atoms with Crippen LogP contribution in [0.3, 0.4) is 0 Å². The molecule has 1 fully saturated rings. The van der Waals surface area contributed by atoms with Gasteiger partial charge in [-0.25, -0.2) is 0 Å². The van der Waals surface area contributed by atoms with E-state index in [2.05, 4.69) is 6.92 Å². The van der Waals surface area contributed by atoms with Crippen LogP contribution in [0.4, 0.5) is 0 Å². The third kappa shape index (κ3) is 6.72. The third-order valence-corrected chi connectivity index (χ3v) is 5.37. The van der Waals surface area contributed by atoms with Crippen LogP contribution in [0.1, 0.15) is 58.3 Å². The molecule has 5 atom stereocenters. The molecule has 0 spiro atoms. The van der Waals surface area contributed by atoms with Crippen molar-refractivity contribution in [1.82, 2.24) is 0 Å². The van der Waals surface area contributed by atoms with E-state index >= 15 is 0 Å². The fourth-order valence-electron chi connectivity index (χ4n) is 2.64. The Morgan fingerprint density at radius 1 is 0.818 bits per heavy atom. The van der Waals surface area contributed by atoms with Crippen LogP contribution in [0.25, 0.3) is 0 Å². The van der Waals surface area contributed by atoms with Crippen LogP contribution in [0.15, 0.2) is 0 Å². The van der Waals surface area contributed by atoms with E-state index in [1.807, 2.05) is 0 Å². The molecule has 1 aliphatic heterocycles. The number of unbranched alkanes of at least 4 members (excludes halogenated alkanes) is 7. The maximum absolute atomic E-state index is 9.91. The first kappa shape index (κ1) is 20.2. The molecule has 6 heteroatoms. The van der Waals surface area contributed by atoms with Gasteiger partial charge in [-0.15, -0.1) is 11.8 Å². The minimum atomic E-state index is -1.26. The van der Waals surface area contributed by atoms with Crippen LogP contribution in [-0.4, -0.2) is 62.6 Å². The molecule has 0 bridgehead atoms. The summed E-state index contributed by atoms with van der Waals surface area (Å²) >= 11 is 1.45. The van der Waals surface area contributed by atoms with Crippen molar-refractivity contribution in [3.05, 3.63) is 0 Å². The van der Waals surface area contributed by atoms with Crippen molar-refractivity contribution in [2.45, 2.75) is 88.1 Å². The van der Waals surface area contributed by atoms with Gasteiger partial charge in [0.05, 0.1) is 6.61 Å². The van der Waals surface area contributed by atoms with Gasteiger partial charge in [0.1, 0.15) is 29.9 Å². The van der Waals surface area contributed by atoms with E-state index in [9.17, 15) is 15.3 Å². The zero-order valence-electron chi connectivity index (χ0n) is 13.6. The molecule has 1 aliphatic rings. The van der Waals surface area contributed by atoms with Crippen molar-refractivity contribution in [2.24, 2.45) is 0 Å². The quantitative estimate of drug-likeness (QED) is 0.429. The lowest BCUT2D eigenvalue weighted by molar-refractivity contribution is -0.205. The molecule has 22 heavy (non-hydrogen) atoms. The molecule has 0 saturated carbocycles. The maximum atomic E-state index is 9.91. The number of hydrogen-bond donors (Lipinski definition) is 4. The number of ether oxygens (including phenoxy) is 1. The van der Waals surface area contributed by atoms with Crippen molar-refractivity contribution >= 4 is 11.8 Å². The summed E-state index contributed by atoms with van der Waals surface area (Å²) in [4.78, 5) is 0. The van der Waals surface area contributed by atoms with E-state index in [1.54, 1.807) is 0 Å². The van der Waals surface area contributed by atoms with Gasteiger partial charge < -0.3 is 25.2 Å². The standard InChI is InChI=1S/C16H32O5S/c1-2-3-4-5-6-7-8-9-10-22-16-15(20)14(19)13(18)12(11-17)21-16/h12-20H,2-11H2,1H3/t12-,13+,14+,15-,16?/m1/s1. The molecule has 0 aliphatic carbocycles. The molecular formula is C16H32O5S. The zero-order valence-corrected chi connectivity index (χ0v) is 14.4. The minimum Gasteiger partial charge on any atom is -0.394 e. The van der Waals surface area contributed by atoms with Crippen molar-refractivity contribution in [2.75, 3.05) is 12.4 Å². The highest BCUT2D eigenvalue weighted by Gasteiger charge is 2.43. The maximum Gasteiger partial charge on any atom is 0.132 e. The Morgan fingerprint density at radius 3 is 2.00 bits per heavy atom. The van der Waals surface area contributed by atoms with Crippen molar-refractivity contribution < 1.29 is 25.2 Å². The van der Waals surface area contributed by atoms with E-state index in [1.165, 1.54) is 50.3 Å². The monoisotopic (exact) mass is 336 g/mol. The molecule has 0 radical (unpaired) electrons. The minimum absolute atomic E-state index is 0.361. The first-order valence-electron chi connectivity index (χ1n) is 8.54. The summed E-state index contributed by atoms with van der Waals surface area (Å²) in [6.45, 7) is 1.86. The van der Waals surface area contributed by atoms with E-state index in [0.29, 0.717) is 0 Å². The van der Waals surface area contributed by atoms with Crippen LogP contribution in [0.5, 0.6) is 0 Å². The molecule has 0 aromatic heterocycles.